The zero-order valence-electron chi connectivity index (χ0n) is 12.5. The Kier molecular flexibility index (Phi) is 4.20. The third-order valence-corrected chi connectivity index (χ3v) is 3.80. The summed E-state index contributed by atoms with van der Waals surface area (Å²) < 4.78 is 5.72. The summed E-state index contributed by atoms with van der Waals surface area (Å²) >= 11 is 6.25. The number of ether oxygens (including phenoxy) is 1. The summed E-state index contributed by atoms with van der Waals surface area (Å²) in [5, 5.41) is 5.98. The highest BCUT2D eigenvalue weighted by Crippen LogP contribution is 2.37. The van der Waals surface area contributed by atoms with Crippen molar-refractivity contribution in [3.63, 3.8) is 0 Å². The number of amides is 1. The van der Waals surface area contributed by atoms with Crippen molar-refractivity contribution < 1.29 is 9.53 Å². The molecule has 0 spiro atoms. The smallest absolute Gasteiger partial charge is 0.228 e. The molecular formula is C15H16ClN5O2. The van der Waals surface area contributed by atoms with Gasteiger partial charge >= 0.3 is 0 Å². The lowest BCUT2D eigenvalue weighted by Crippen LogP contribution is -2.14. The number of nitrogens with one attached hydrogen (secondary N) is 2. The number of pyridine rings is 2. The molecule has 23 heavy (non-hydrogen) atoms. The van der Waals surface area contributed by atoms with Crippen LogP contribution in [0.3, 0.4) is 0 Å². The van der Waals surface area contributed by atoms with Gasteiger partial charge in [-0.1, -0.05) is 11.6 Å². The molecular weight excluding hydrogens is 318 g/mol. The third kappa shape index (κ3) is 3.45. The highest BCUT2D eigenvalue weighted by Gasteiger charge is 2.29. The molecule has 1 saturated carbocycles. The number of nitrogens with two attached hydrogens (primary N) is 1. The van der Waals surface area contributed by atoms with Gasteiger partial charge in [-0.3, -0.25) is 4.79 Å². The third-order valence-electron chi connectivity index (χ3n) is 3.42. The maximum atomic E-state index is 11.8. The predicted octanol–water partition coefficient (Wildman–Crippen LogP) is 2.89. The summed E-state index contributed by atoms with van der Waals surface area (Å²) in [6, 6.07) is 3.30. The van der Waals surface area contributed by atoms with E-state index in [9.17, 15) is 4.79 Å². The van der Waals surface area contributed by atoms with Gasteiger partial charge in [-0.25, -0.2) is 9.97 Å². The SMILES string of the molecule is CNc1c(N)ncc(Oc2ccnc(NC(=O)C3CC3)c2)c1Cl. The van der Waals surface area contributed by atoms with Crippen molar-refractivity contribution in [2.75, 3.05) is 23.4 Å². The van der Waals surface area contributed by atoms with Crippen molar-refractivity contribution >= 4 is 34.8 Å². The monoisotopic (exact) mass is 333 g/mol. The van der Waals surface area contributed by atoms with Crippen LogP contribution in [0.15, 0.2) is 24.5 Å². The molecule has 1 amide bonds. The van der Waals surface area contributed by atoms with Crippen molar-refractivity contribution in [2.24, 2.45) is 5.92 Å². The maximum absolute atomic E-state index is 11.8. The van der Waals surface area contributed by atoms with Crippen molar-refractivity contribution in [1.29, 1.82) is 0 Å². The highest BCUT2D eigenvalue weighted by molar-refractivity contribution is 6.35. The Morgan fingerprint density at radius 3 is 2.91 bits per heavy atom. The first-order valence-corrected chi connectivity index (χ1v) is 7.52. The number of carbonyl (C=O) groups is 1. The summed E-state index contributed by atoms with van der Waals surface area (Å²) in [5.74, 6) is 1.66. The Labute approximate surface area is 138 Å². The molecule has 4 N–H and O–H groups in total. The lowest BCUT2D eigenvalue weighted by Gasteiger charge is -2.12. The molecule has 3 rings (SSSR count). The van der Waals surface area contributed by atoms with E-state index in [0.717, 1.165) is 12.8 Å². The van der Waals surface area contributed by atoms with Crippen molar-refractivity contribution in [1.82, 2.24) is 9.97 Å². The van der Waals surface area contributed by atoms with Crippen LogP contribution in [0, 0.1) is 5.92 Å². The predicted molar refractivity (Wildman–Crippen MR) is 88.9 cm³/mol. The van der Waals surface area contributed by atoms with Gasteiger partial charge in [0.05, 0.1) is 11.9 Å². The van der Waals surface area contributed by atoms with Crippen LogP contribution in [0.5, 0.6) is 11.5 Å². The van der Waals surface area contributed by atoms with E-state index in [2.05, 4.69) is 20.6 Å². The summed E-state index contributed by atoms with van der Waals surface area (Å²) in [6.07, 6.45) is 4.86. The quantitative estimate of drug-likeness (QED) is 0.777. The summed E-state index contributed by atoms with van der Waals surface area (Å²) in [6.45, 7) is 0. The second-order valence-corrected chi connectivity index (χ2v) is 5.57. The van der Waals surface area contributed by atoms with E-state index in [4.69, 9.17) is 22.1 Å². The molecule has 0 bridgehead atoms. The van der Waals surface area contributed by atoms with Crippen LogP contribution in [0.1, 0.15) is 12.8 Å². The Morgan fingerprint density at radius 1 is 1.43 bits per heavy atom. The van der Waals surface area contributed by atoms with Crippen LogP contribution in [0.4, 0.5) is 17.3 Å². The van der Waals surface area contributed by atoms with Gasteiger partial charge in [0.1, 0.15) is 22.4 Å². The Hall–Kier alpha value is -2.54. The van der Waals surface area contributed by atoms with E-state index >= 15 is 0 Å². The molecule has 0 unspecified atom stereocenters. The minimum atomic E-state index is -0.0145. The van der Waals surface area contributed by atoms with Crippen molar-refractivity contribution in [2.45, 2.75) is 12.8 Å². The molecule has 1 aliphatic rings. The van der Waals surface area contributed by atoms with Gasteiger partial charge in [-0.15, -0.1) is 0 Å². The maximum Gasteiger partial charge on any atom is 0.228 e. The first-order chi connectivity index (χ1) is 11.1. The Balaban J connectivity index is 1.79. The van der Waals surface area contributed by atoms with Gasteiger partial charge in [0.15, 0.2) is 5.75 Å². The topological polar surface area (TPSA) is 102 Å². The number of nitrogen functional groups attached to an aromatic ring is 1. The van der Waals surface area contributed by atoms with E-state index in [1.54, 1.807) is 25.4 Å². The van der Waals surface area contributed by atoms with Crippen LogP contribution in [0.25, 0.3) is 0 Å². The lowest BCUT2D eigenvalue weighted by atomic mass is 10.3. The van der Waals surface area contributed by atoms with E-state index < -0.39 is 0 Å². The van der Waals surface area contributed by atoms with E-state index in [1.165, 1.54) is 6.20 Å². The van der Waals surface area contributed by atoms with Gasteiger partial charge in [0, 0.05) is 25.2 Å². The van der Waals surface area contributed by atoms with Crippen LogP contribution in [0.2, 0.25) is 5.02 Å². The number of hydrogen-bond donors (Lipinski definition) is 3. The molecule has 0 aromatic carbocycles. The van der Waals surface area contributed by atoms with Gasteiger partial charge in [0.25, 0.3) is 0 Å². The molecule has 2 aromatic heterocycles. The molecule has 0 radical (unpaired) electrons. The summed E-state index contributed by atoms with van der Waals surface area (Å²) in [4.78, 5) is 19.9. The molecule has 0 aliphatic heterocycles. The molecule has 1 fully saturated rings. The Morgan fingerprint density at radius 2 is 2.22 bits per heavy atom. The second-order valence-electron chi connectivity index (χ2n) is 5.19. The molecule has 0 atom stereocenters. The molecule has 7 nitrogen and oxygen atoms in total. The largest absolute Gasteiger partial charge is 0.454 e. The molecule has 2 heterocycles. The van der Waals surface area contributed by atoms with Crippen LogP contribution in [-0.2, 0) is 4.79 Å². The lowest BCUT2D eigenvalue weighted by molar-refractivity contribution is -0.117. The van der Waals surface area contributed by atoms with Crippen LogP contribution >= 0.6 is 11.6 Å². The highest BCUT2D eigenvalue weighted by atomic mass is 35.5. The fourth-order valence-electron chi connectivity index (χ4n) is 2.04. The molecule has 1 aliphatic carbocycles. The second kappa shape index (κ2) is 6.29. The zero-order valence-corrected chi connectivity index (χ0v) is 13.2. The fourth-order valence-corrected chi connectivity index (χ4v) is 2.32. The Bertz CT molecular complexity index is 749. The molecule has 2 aromatic rings. The first kappa shape index (κ1) is 15.4. The average molecular weight is 334 g/mol. The standard InChI is InChI=1S/C15H16ClN5O2/c1-18-13-12(16)10(7-20-14(13)17)23-9-4-5-19-11(6-9)21-15(22)8-2-3-8/h4-8,18H,2-3H2,1H3,(H2,17,20)(H,19,21,22). The number of anilines is 3. The zero-order chi connectivity index (χ0) is 16.4. The number of aromatic nitrogens is 2. The molecule has 0 saturated heterocycles. The van der Waals surface area contributed by atoms with Crippen molar-refractivity contribution in [3.8, 4) is 11.5 Å². The molecule has 120 valence electrons. The van der Waals surface area contributed by atoms with E-state index in [-0.39, 0.29) is 17.6 Å². The van der Waals surface area contributed by atoms with Crippen molar-refractivity contribution in [3.05, 3.63) is 29.5 Å². The normalized spacial score (nSPS) is 13.5. The summed E-state index contributed by atoms with van der Waals surface area (Å²) in [7, 11) is 1.70. The van der Waals surface area contributed by atoms with Gasteiger partial charge < -0.3 is 21.1 Å². The number of rotatable bonds is 5. The number of halogens is 1. The molecule has 8 heteroatoms. The van der Waals surface area contributed by atoms with E-state index in [1.807, 2.05) is 0 Å². The minimum absolute atomic E-state index is 0.0145. The number of hydrogen-bond acceptors (Lipinski definition) is 6. The van der Waals surface area contributed by atoms with Gasteiger partial charge in [-0.2, -0.15) is 0 Å². The summed E-state index contributed by atoms with van der Waals surface area (Å²) in [5.41, 5.74) is 6.24. The number of nitrogens with zero attached hydrogens (tertiary/aromatic N) is 2. The van der Waals surface area contributed by atoms with Gasteiger partial charge in [-0.05, 0) is 18.9 Å². The van der Waals surface area contributed by atoms with Gasteiger partial charge in [0.2, 0.25) is 5.91 Å². The number of carbonyl (C=O) groups excluding carboxylic acids is 1. The minimum Gasteiger partial charge on any atom is -0.454 e. The van der Waals surface area contributed by atoms with Crippen LogP contribution in [-0.4, -0.2) is 22.9 Å². The fraction of sp³-hybridized carbons (Fsp3) is 0.267. The van der Waals surface area contributed by atoms with E-state index in [0.29, 0.717) is 28.0 Å². The first-order valence-electron chi connectivity index (χ1n) is 7.15. The average Bonchev–Trinajstić information content (AvgIpc) is 3.36. The van der Waals surface area contributed by atoms with Crippen LogP contribution < -0.4 is 21.1 Å².